The van der Waals surface area contributed by atoms with E-state index < -0.39 is 0 Å². The molecule has 3 heteroatoms. The van der Waals surface area contributed by atoms with Gasteiger partial charge < -0.3 is 5.73 Å². The van der Waals surface area contributed by atoms with Crippen molar-refractivity contribution in [2.24, 2.45) is 5.73 Å². The molecule has 0 aromatic carbocycles. The van der Waals surface area contributed by atoms with Crippen LogP contribution >= 0.6 is 11.3 Å². The highest BCUT2D eigenvalue weighted by Crippen LogP contribution is 2.26. The van der Waals surface area contributed by atoms with Crippen molar-refractivity contribution in [3.8, 4) is 0 Å². The Morgan fingerprint density at radius 1 is 1.43 bits per heavy atom. The van der Waals surface area contributed by atoms with Crippen LogP contribution < -0.4 is 5.73 Å². The summed E-state index contributed by atoms with van der Waals surface area (Å²) in [6.45, 7) is 7.22. The first kappa shape index (κ1) is 11.7. The van der Waals surface area contributed by atoms with E-state index in [-0.39, 0.29) is 0 Å². The van der Waals surface area contributed by atoms with E-state index in [0.717, 1.165) is 0 Å². The van der Waals surface area contributed by atoms with Crippen LogP contribution in [0.3, 0.4) is 0 Å². The maximum atomic E-state index is 5.82. The number of hydrogen-bond acceptors (Lipinski definition) is 3. The second-order valence-corrected chi connectivity index (χ2v) is 5.28. The van der Waals surface area contributed by atoms with Crippen molar-refractivity contribution in [1.82, 2.24) is 4.90 Å². The summed E-state index contributed by atoms with van der Waals surface area (Å²) in [5, 5.41) is 0. The zero-order valence-electron chi connectivity index (χ0n) is 9.45. The highest BCUT2D eigenvalue weighted by Gasteiger charge is 2.18. The predicted molar refractivity (Wildman–Crippen MR) is 63.8 cm³/mol. The predicted octanol–water partition coefficient (Wildman–Crippen LogP) is 2.40. The minimum absolute atomic E-state index is 0.369. The molecule has 1 unspecified atom stereocenters. The molecule has 0 bridgehead atoms. The van der Waals surface area contributed by atoms with Gasteiger partial charge in [0.1, 0.15) is 0 Å². The maximum absolute atomic E-state index is 5.82. The van der Waals surface area contributed by atoms with Crippen LogP contribution in [0.5, 0.6) is 0 Å². The van der Waals surface area contributed by atoms with E-state index in [1.54, 1.807) is 0 Å². The van der Waals surface area contributed by atoms with Crippen molar-refractivity contribution < 1.29 is 0 Å². The summed E-state index contributed by atoms with van der Waals surface area (Å²) in [5.41, 5.74) is 5.82. The average molecular weight is 212 g/mol. The minimum Gasteiger partial charge on any atom is -0.329 e. The van der Waals surface area contributed by atoms with Crippen LogP contribution in [-0.2, 0) is 0 Å². The molecule has 1 atom stereocenters. The second kappa shape index (κ2) is 4.91. The Hall–Kier alpha value is -0.380. The molecule has 1 heterocycles. The lowest BCUT2D eigenvalue weighted by Gasteiger charge is -2.29. The molecule has 0 aliphatic rings. The molecule has 0 aliphatic heterocycles. The molecule has 1 aromatic rings. The van der Waals surface area contributed by atoms with Gasteiger partial charge in [-0.1, -0.05) is 0 Å². The smallest absolute Gasteiger partial charge is 0.0564 e. The Balaban J connectivity index is 2.81. The Kier molecular flexibility index (Phi) is 4.11. The molecule has 0 fully saturated rings. The number of thiophene rings is 1. The van der Waals surface area contributed by atoms with Crippen LogP contribution in [0, 0.1) is 6.92 Å². The summed E-state index contributed by atoms with van der Waals surface area (Å²) in [6.07, 6.45) is 0. The van der Waals surface area contributed by atoms with E-state index in [1.807, 2.05) is 11.3 Å². The van der Waals surface area contributed by atoms with Gasteiger partial charge in [-0.05, 0) is 40.0 Å². The molecule has 0 saturated carbocycles. The summed E-state index contributed by atoms with van der Waals surface area (Å²) in [7, 11) is 2.14. The van der Waals surface area contributed by atoms with Crippen LogP contribution in [0.25, 0.3) is 0 Å². The zero-order chi connectivity index (χ0) is 10.7. The number of aryl methyl sites for hydroxylation is 1. The van der Waals surface area contributed by atoms with Crippen LogP contribution in [0.15, 0.2) is 12.1 Å². The van der Waals surface area contributed by atoms with Gasteiger partial charge in [0.05, 0.1) is 6.04 Å². The van der Waals surface area contributed by atoms with Crippen molar-refractivity contribution >= 4 is 11.3 Å². The molecule has 0 amide bonds. The van der Waals surface area contributed by atoms with Gasteiger partial charge in [-0.25, -0.2) is 0 Å². The van der Waals surface area contributed by atoms with Gasteiger partial charge >= 0.3 is 0 Å². The lowest BCUT2D eigenvalue weighted by molar-refractivity contribution is 0.204. The third-order valence-electron chi connectivity index (χ3n) is 2.62. The van der Waals surface area contributed by atoms with Crippen molar-refractivity contribution in [2.45, 2.75) is 32.9 Å². The number of hydrogen-bond donors (Lipinski definition) is 1. The molecule has 2 N–H and O–H groups in total. The summed E-state index contributed by atoms with van der Waals surface area (Å²) >= 11 is 1.84. The fraction of sp³-hybridized carbons (Fsp3) is 0.636. The summed E-state index contributed by atoms with van der Waals surface area (Å²) < 4.78 is 0. The monoisotopic (exact) mass is 212 g/mol. The molecule has 80 valence electrons. The van der Waals surface area contributed by atoms with E-state index >= 15 is 0 Å². The van der Waals surface area contributed by atoms with E-state index in [0.29, 0.717) is 18.6 Å². The fourth-order valence-corrected chi connectivity index (χ4v) is 2.52. The molecule has 0 saturated heterocycles. The summed E-state index contributed by atoms with van der Waals surface area (Å²) in [5.74, 6) is 0. The summed E-state index contributed by atoms with van der Waals surface area (Å²) in [6, 6.07) is 5.26. The van der Waals surface area contributed by atoms with E-state index in [9.17, 15) is 0 Å². The third kappa shape index (κ3) is 2.56. The number of nitrogens with two attached hydrogens (primary N) is 1. The van der Waals surface area contributed by atoms with Crippen molar-refractivity contribution in [3.63, 3.8) is 0 Å². The van der Waals surface area contributed by atoms with Crippen molar-refractivity contribution in [2.75, 3.05) is 13.6 Å². The van der Waals surface area contributed by atoms with Gasteiger partial charge in [-0.2, -0.15) is 0 Å². The number of likely N-dealkylation sites (N-methyl/N-ethyl adjacent to an activating group) is 1. The largest absolute Gasteiger partial charge is 0.329 e. The summed E-state index contributed by atoms with van der Waals surface area (Å²) in [4.78, 5) is 5.06. The topological polar surface area (TPSA) is 29.3 Å². The fourth-order valence-electron chi connectivity index (χ4n) is 1.48. The van der Waals surface area contributed by atoms with E-state index in [2.05, 4.69) is 44.9 Å². The Bertz CT molecular complexity index is 281. The molecular formula is C11H20N2S. The normalized spacial score (nSPS) is 13.9. The van der Waals surface area contributed by atoms with Gasteiger partial charge in [0.25, 0.3) is 0 Å². The molecule has 1 rings (SSSR count). The zero-order valence-corrected chi connectivity index (χ0v) is 10.3. The van der Waals surface area contributed by atoms with E-state index in [4.69, 9.17) is 5.73 Å². The molecule has 0 spiro atoms. The maximum Gasteiger partial charge on any atom is 0.0564 e. The first-order valence-electron chi connectivity index (χ1n) is 5.04. The van der Waals surface area contributed by atoms with Gasteiger partial charge in [0.2, 0.25) is 0 Å². The van der Waals surface area contributed by atoms with Crippen LogP contribution in [-0.4, -0.2) is 24.5 Å². The molecule has 0 radical (unpaired) electrons. The first-order valence-corrected chi connectivity index (χ1v) is 5.86. The van der Waals surface area contributed by atoms with Gasteiger partial charge in [0.15, 0.2) is 0 Å². The Labute approximate surface area is 90.7 Å². The highest BCUT2D eigenvalue weighted by atomic mass is 32.1. The lowest BCUT2D eigenvalue weighted by Crippen LogP contribution is -2.34. The minimum atomic E-state index is 0.369. The molecular weight excluding hydrogens is 192 g/mol. The first-order chi connectivity index (χ1) is 6.56. The van der Waals surface area contributed by atoms with Crippen molar-refractivity contribution in [3.05, 3.63) is 21.9 Å². The second-order valence-electron chi connectivity index (χ2n) is 3.96. The third-order valence-corrected chi connectivity index (χ3v) is 3.72. The standard InChI is InChI=1S/C11H20N2S/c1-8(2)13(4)10(7-12)11-6-5-9(3)14-11/h5-6,8,10H,7,12H2,1-4H3. The van der Waals surface area contributed by atoms with Crippen LogP contribution in [0.4, 0.5) is 0 Å². The molecule has 0 aliphatic carbocycles. The van der Waals surface area contributed by atoms with Crippen molar-refractivity contribution in [1.29, 1.82) is 0 Å². The van der Waals surface area contributed by atoms with Crippen LogP contribution in [0.1, 0.15) is 29.6 Å². The SMILES string of the molecule is Cc1ccc(C(CN)N(C)C(C)C)s1. The Morgan fingerprint density at radius 2 is 2.07 bits per heavy atom. The molecule has 14 heavy (non-hydrogen) atoms. The highest BCUT2D eigenvalue weighted by molar-refractivity contribution is 7.12. The number of nitrogens with zero attached hydrogens (tertiary/aromatic N) is 1. The van der Waals surface area contributed by atoms with Gasteiger partial charge in [0, 0.05) is 22.3 Å². The number of rotatable bonds is 4. The molecule has 1 aromatic heterocycles. The molecule has 2 nitrogen and oxygen atoms in total. The Morgan fingerprint density at radius 3 is 2.43 bits per heavy atom. The van der Waals surface area contributed by atoms with Gasteiger partial charge in [-0.3, -0.25) is 4.90 Å². The van der Waals surface area contributed by atoms with E-state index in [1.165, 1.54) is 9.75 Å². The quantitative estimate of drug-likeness (QED) is 0.830. The average Bonchev–Trinajstić information content (AvgIpc) is 2.53. The van der Waals surface area contributed by atoms with Crippen LogP contribution in [0.2, 0.25) is 0 Å². The lowest BCUT2D eigenvalue weighted by atomic mass is 10.2. The van der Waals surface area contributed by atoms with Gasteiger partial charge in [-0.15, -0.1) is 11.3 Å².